The van der Waals surface area contributed by atoms with E-state index >= 15 is 0 Å². The molecular formula is C16H23FN2O3. The first-order valence-electron chi connectivity index (χ1n) is 7.19. The molecule has 0 fully saturated rings. The number of rotatable bonds is 5. The maximum absolute atomic E-state index is 12.8. The summed E-state index contributed by atoms with van der Waals surface area (Å²) in [6, 6.07) is 5.41. The van der Waals surface area contributed by atoms with Crippen LogP contribution in [0.3, 0.4) is 0 Å². The van der Waals surface area contributed by atoms with E-state index in [2.05, 4.69) is 10.6 Å². The van der Waals surface area contributed by atoms with Crippen molar-refractivity contribution in [1.82, 2.24) is 10.6 Å². The lowest BCUT2D eigenvalue weighted by molar-refractivity contribution is -0.122. The Bertz CT molecular complexity index is 509. The van der Waals surface area contributed by atoms with Gasteiger partial charge < -0.3 is 15.4 Å². The number of amides is 2. The molecule has 1 unspecified atom stereocenters. The number of hydrogen-bond donors (Lipinski definition) is 2. The van der Waals surface area contributed by atoms with Gasteiger partial charge in [-0.1, -0.05) is 12.1 Å². The van der Waals surface area contributed by atoms with E-state index in [1.165, 1.54) is 12.1 Å². The van der Waals surface area contributed by atoms with Crippen molar-refractivity contribution in [2.75, 3.05) is 6.54 Å². The molecule has 0 aliphatic heterocycles. The van der Waals surface area contributed by atoms with Crippen LogP contribution in [-0.4, -0.2) is 30.2 Å². The molecular weight excluding hydrogens is 287 g/mol. The molecule has 0 bridgehead atoms. The Morgan fingerprint density at radius 3 is 2.36 bits per heavy atom. The Labute approximate surface area is 130 Å². The summed E-state index contributed by atoms with van der Waals surface area (Å²) in [6.07, 6.45) is -0.0424. The minimum atomic E-state index is -0.692. The standard InChI is InChI=1S/C16H23FN2O3/c1-11(19-15(21)22-16(2,3)4)14(20)18-10-9-12-5-7-13(17)8-6-12/h5-8,11H,9-10H2,1-4H3,(H,18,20)(H,19,21). The average molecular weight is 310 g/mol. The van der Waals surface area contributed by atoms with Crippen molar-refractivity contribution in [2.45, 2.75) is 45.8 Å². The second-order valence-corrected chi connectivity index (χ2v) is 6.04. The first kappa shape index (κ1) is 17.9. The van der Waals surface area contributed by atoms with Crippen LogP contribution in [0.4, 0.5) is 9.18 Å². The zero-order valence-corrected chi connectivity index (χ0v) is 13.4. The number of hydrogen-bond acceptors (Lipinski definition) is 3. The highest BCUT2D eigenvalue weighted by Gasteiger charge is 2.20. The maximum Gasteiger partial charge on any atom is 0.408 e. The van der Waals surface area contributed by atoms with Crippen molar-refractivity contribution >= 4 is 12.0 Å². The van der Waals surface area contributed by atoms with Crippen molar-refractivity contribution < 1.29 is 18.7 Å². The molecule has 2 N–H and O–H groups in total. The molecule has 0 aliphatic carbocycles. The molecule has 0 saturated heterocycles. The topological polar surface area (TPSA) is 67.4 Å². The summed E-state index contributed by atoms with van der Waals surface area (Å²) in [5.74, 6) is -0.587. The van der Waals surface area contributed by atoms with Gasteiger partial charge in [0.05, 0.1) is 0 Å². The fraction of sp³-hybridized carbons (Fsp3) is 0.500. The molecule has 2 amide bonds. The van der Waals surface area contributed by atoms with Gasteiger partial charge in [0.15, 0.2) is 0 Å². The zero-order chi connectivity index (χ0) is 16.8. The van der Waals surface area contributed by atoms with Crippen LogP contribution in [0.2, 0.25) is 0 Å². The van der Waals surface area contributed by atoms with Crippen LogP contribution >= 0.6 is 0 Å². The molecule has 0 aromatic heterocycles. The van der Waals surface area contributed by atoms with Gasteiger partial charge >= 0.3 is 6.09 Å². The van der Waals surface area contributed by atoms with Crippen LogP contribution < -0.4 is 10.6 Å². The van der Waals surface area contributed by atoms with E-state index in [0.717, 1.165) is 5.56 Å². The van der Waals surface area contributed by atoms with Crippen molar-refractivity contribution in [2.24, 2.45) is 0 Å². The summed E-state index contributed by atoms with van der Waals surface area (Å²) >= 11 is 0. The van der Waals surface area contributed by atoms with Crippen molar-refractivity contribution in [3.8, 4) is 0 Å². The fourth-order valence-corrected chi connectivity index (χ4v) is 1.68. The van der Waals surface area contributed by atoms with Gasteiger partial charge in [0, 0.05) is 6.54 Å². The highest BCUT2D eigenvalue weighted by molar-refractivity contribution is 5.85. The van der Waals surface area contributed by atoms with Crippen LogP contribution in [0.1, 0.15) is 33.3 Å². The third-order valence-corrected chi connectivity index (χ3v) is 2.75. The summed E-state index contributed by atoms with van der Waals surface area (Å²) in [7, 11) is 0. The van der Waals surface area contributed by atoms with Crippen LogP contribution in [-0.2, 0) is 16.0 Å². The molecule has 1 aromatic carbocycles. The molecule has 0 heterocycles. The van der Waals surface area contributed by atoms with E-state index in [9.17, 15) is 14.0 Å². The largest absolute Gasteiger partial charge is 0.444 e. The molecule has 0 radical (unpaired) electrons. The molecule has 0 saturated carbocycles. The minimum absolute atomic E-state index is 0.289. The van der Waals surface area contributed by atoms with E-state index in [1.807, 2.05) is 0 Å². The number of carbonyl (C=O) groups is 2. The number of halogens is 1. The lowest BCUT2D eigenvalue weighted by Crippen LogP contribution is -2.46. The molecule has 1 atom stereocenters. The normalized spacial score (nSPS) is 12.4. The zero-order valence-electron chi connectivity index (χ0n) is 13.4. The monoisotopic (exact) mass is 310 g/mol. The summed E-state index contributed by atoms with van der Waals surface area (Å²) in [4.78, 5) is 23.4. The third-order valence-electron chi connectivity index (χ3n) is 2.75. The van der Waals surface area contributed by atoms with Gasteiger partial charge in [-0.05, 0) is 51.8 Å². The van der Waals surface area contributed by atoms with Crippen molar-refractivity contribution in [3.05, 3.63) is 35.6 Å². The number of nitrogens with one attached hydrogen (secondary N) is 2. The number of alkyl carbamates (subject to hydrolysis) is 1. The van der Waals surface area contributed by atoms with Gasteiger partial charge in [-0.2, -0.15) is 0 Å². The van der Waals surface area contributed by atoms with E-state index in [0.29, 0.717) is 13.0 Å². The van der Waals surface area contributed by atoms with Gasteiger partial charge in [-0.15, -0.1) is 0 Å². The van der Waals surface area contributed by atoms with Gasteiger partial charge in [-0.25, -0.2) is 9.18 Å². The van der Waals surface area contributed by atoms with Crippen molar-refractivity contribution in [3.63, 3.8) is 0 Å². The Morgan fingerprint density at radius 1 is 1.23 bits per heavy atom. The number of ether oxygens (including phenoxy) is 1. The van der Waals surface area contributed by atoms with E-state index in [-0.39, 0.29) is 11.7 Å². The highest BCUT2D eigenvalue weighted by atomic mass is 19.1. The minimum Gasteiger partial charge on any atom is -0.444 e. The smallest absolute Gasteiger partial charge is 0.408 e. The first-order chi connectivity index (χ1) is 10.2. The van der Waals surface area contributed by atoms with Gasteiger partial charge in [0.25, 0.3) is 0 Å². The van der Waals surface area contributed by atoms with E-state index in [4.69, 9.17) is 4.74 Å². The lowest BCUT2D eigenvalue weighted by atomic mass is 10.1. The SMILES string of the molecule is CC(NC(=O)OC(C)(C)C)C(=O)NCCc1ccc(F)cc1. The first-order valence-corrected chi connectivity index (χ1v) is 7.19. The van der Waals surface area contributed by atoms with Crippen LogP contribution in [0.25, 0.3) is 0 Å². The quantitative estimate of drug-likeness (QED) is 0.877. The van der Waals surface area contributed by atoms with Crippen LogP contribution in [0.5, 0.6) is 0 Å². The molecule has 22 heavy (non-hydrogen) atoms. The molecule has 6 heteroatoms. The van der Waals surface area contributed by atoms with E-state index in [1.54, 1.807) is 39.8 Å². The predicted molar refractivity (Wildman–Crippen MR) is 81.9 cm³/mol. The Kier molecular flexibility index (Phi) is 6.34. The van der Waals surface area contributed by atoms with Gasteiger partial charge in [0.2, 0.25) is 5.91 Å². The third kappa shape index (κ3) is 7.06. The predicted octanol–water partition coefficient (Wildman–Crippen LogP) is 2.40. The van der Waals surface area contributed by atoms with Crippen LogP contribution in [0.15, 0.2) is 24.3 Å². The molecule has 0 spiro atoms. The summed E-state index contributed by atoms with van der Waals surface area (Å²) < 4.78 is 17.8. The lowest BCUT2D eigenvalue weighted by Gasteiger charge is -2.21. The molecule has 1 aromatic rings. The Balaban J connectivity index is 2.32. The van der Waals surface area contributed by atoms with Crippen LogP contribution in [0, 0.1) is 5.82 Å². The average Bonchev–Trinajstić information content (AvgIpc) is 2.38. The number of carbonyl (C=O) groups excluding carboxylic acids is 2. The Morgan fingerprint density at radius 2 is 1.82 bits per heavy atom. The highest BCUT2D eigenvalue weighted by Crippen LogP contribution is 2.06. The summed E-state index contributed by atoms with van der Waals surface area (Å²) in [5, 5.41) is 5.18. The molecule has 1 rings (SSSR count). The fourth-order valence-electron chi connectivity index (χ4n) is 1.68. The molecule has 122 valence electrons. The maximum atomic E-state index is 12.8. The second kappa shape index (κ2) is 7.77. The summed E-state index contributed by atoms with van der Waals surface area (Å²) in [6.45, 7) is 7.24. The van der Waals surface area contributed by atoms with Crippen molar-refractivity contribution in [1.29, 1.82) is 0 Å². The van der Waals surface area contributed by atoms with Gasteiger partial charge in [-0.3, -0.25) is 4.79 Å². The second-order valence-electron chi connectivity index (χ2n) is 6.04. The Hall–Kier alpha value is -2.11. The van der Waals surface area contributed by atoms with E-state index < -0.39 is 17.7 Å². The summed E-state index contributed by atoms with van der Waals surface area (Å²) in [5.41, 5.74) is 0.317. The molecule has 5 nitrogen and oxygen atoms in total. The van der Waals surface area contributed by atoms with Gasteiger partial charge in [0.1, 0.15) is 17.5 Å². The number of benzene rings is 1. The molecule has 0 aliphatic rings.